The van der Waals surface area contributed by atoms with Crippen molar-refractivity contribution >= 4 is 5.91 Å². The maximum atomic E-state index is 12.2. The molecular weight excluding hydrogens is 290 g/mol. The van der Waals surface area contributed by atoms with Crippen molar-refractivity contribution in [1.82, 2.24) is 15.5 Å². The van der Waals surface area contributed by atoms with E-state index in [1.165, 1.54) is 0 Å². The summed E-state index contributed by atoms with van der Waals surface area (Å²) in [6, 6.07) is 8.54. The molecule has 0 aliphatic carbocycles. The van der Waals surface area contributed by atoms with Gasteiger partial charge in [-0.15, -0.1) is 0 Å². The molecular formula is C18H29N3O2. The van der Waals surface area contributed by atoms with E-state index in [-0.39, 0.29) is 5.91 Å². The molecule has 23 heavy (non-hydrogen) atoms. The number of nitrogens with zero attached hydrogens (tertiary/aromatic N) is 1. The molecule has 128 valence electrons. The Morgan fingerprint density at radius 3 is 2.91 bits per heavy atom. The number of benzene rings is 1. The van der Waals surface area contributed by atoms with E-state index in [4.69, 9.17) is 4.74 Å². The molecule has 0 spiro atoms. The largest absolute Gasteiger partial charge is 0.377 e. The first-order valence-corrected chi connectivity index (χ1v) is 8.56. The van der Waals surface area contributed by atoms with Gasteiger partial charge < -0.3 is 15.4 Å². The summed E-state index contributed by atoms with van der Waals surface area (Å²) < 4.78 is 5.62. The lowest BCUT2D eigenvalue weighted by molar-refractivity contribution is -0.123. The van der Waals surface area contributed by atoms with E-state index in [2.05, 4.69) is 41.5 Å². The van der Waals surface area contributed by atoms with Gasteiger partial charge in [0.1, 0.15) is 0 Å². The van der Waals surface area contributed by atoms with Gasteiger partial charge in [-0.2, -0.15) is 0 Å². The molecule has 1 amide bonds. The normalized spacial score (nSPS) is 18.8. The first-order chi connectivity index (χ1) is 11.2. The molecule has 0 bridgehead atoms. The zero-order valence-corrected chi connectivity index (χ0v) is 14.3. The van der Waals surface area contributed by atoms with Gasteiger partial charge >= 0.3 is 0 Å². The Morgan fingerprint density at radius 2 is 2.17 bits per heavy atom. The van der Waals surface area contributed by atoms with E-state index >= 15 is 0 Å². The molecule has 0 radical (unpaired) electrons. The maximum absolute atomic E-state index is 12.2. The summed E-state index contributed by atoms with van der Waals surface area (Å²) in [5.74, 6) is 0.0861. The second kappa shape index (κ2) is 9.65. The quantitative estimate of drug-likeness (QED) is 0.714. The van der Waals surface area contributed by atoms with E-state index in [1.54, 1.807) is 0 Å². The van der Waals surface area contributed by atoms with E-state index < -0.39 is 0 Å². The number of ether oxygens (including phenoxy) is 1. The SMILES string of the molecule is CCCOCc1ccccc1CNC(=O)CN1CCNC[C@H]1C. The summed E-state index contributed by atoms with van der Waals surface area (Å²) in [5, 5.41) is 6.38. The molecule has 2 N–H and O–H groups in total. The molecule has 2 rings (SSSR count). The van der Waals surface area contributed by atoms with Gasteiger partial charge in [-0.1, -0.05) is 31.2 Å². The third-order valence-corrected chi connectivity index (χ3v) is 4.19. The van der Waals surface area contributed by atoms with Gasteiger partial charge in [-0.25, -0.2) is 0 Å². The minimum atomic E-state index is 0.0861. The van der Waals surface area contributed by atoms with Crippen molar-refractivity contribution in [2.24, 2.45) is 0 Å². The molecule has 1 heterocycles. The molecule has 1 aliphatic rings. The van der Waals surface area contributed by atoms with Crippen LogP contribution >= 0.6 is 0 Å². The fourth-order valence-electron chi connectivity index (χ4n) is 2.75. The van der Waals surface area contributed by atoms with Crippen LogP contribution in [0.5, 0.6) is 0 Å². The Hall–Kier alpha value is -1.43. The zero-order chi connectivity index (χ0) is 16.5. The smallest absolute Gasteiger partial charge is 0.234 e. The number of carbonyl (C=O) groups excluding carboxylic acids is 1. The van der Waals surface area contributed by atoms with Crippen molar-refractivity contribution in [3.8, 4) is 0 Å². The average molecular weight is 319 g/mol. The van der Waals surface area contributed by atoms with Crippen molar-refractivity contribution in [3.05, 3.63) is 35.4 Å². The summed E-state index contributed by atoms with van der Waals surface area (Å²) in [4.78, 5) is 14.4. The minimum Gasteiger partial charge on any atom is -0.377 e. The van der Waals surface area contributed by atoms with Gasteiger partial charge in [0, 0.05) is 38.8 Å². The lowest BCUT2D eigenvalue weighted by Crippen LogP contribution is -2.52. The monoisotopic (exact) mass is 319 g/mol. The molecule has 1 aliphatic heterocycles. The van der Waals surface area contributed by atoms with Crippen molar-refractivity contribution < 1.29 is 9.53 Å². The lowest BCUT2D eigenvalue weighted by Gasteiger charge is -2.33. The summed E-state index contributed by atoms with van der Waals surface area (Å²) in [5.41, 5.74) is 2.28. The fourth-order valence-corrected chi connectivity index (χ4v) is 2.75. The van der Waals surface area contributed by atoms with Gasteiger partial charge in [-0.3, -0.25) is 9.69 Å². The maximum Gasteiger partial charge on any atom is 0.234 e. The van der Waals surface area contributed by atoms with Crippen LogP contribution in [-0.4, -0.2) is 49.6 Å². The predicted molar refractivity (Wildman–Crippen MR) is 92.1 cm³/mol. The third-order valence-electron chi connectivity index (χ3n) is 4.19. The van der Waals surface area contributed by atoms with Crippen LogP contribution in [0.15, 0.2) is 24.3 Å². The van der Waals surface area contributed by atoms with Crippen LogP contribution in [0.25, 0.3) is 0 Å². The lowest BCUT2D eigenvalue weighted by atomic mass is 10.1. The van der Waals surface area contributed by atoms with Crippen molar-refractivity contribution in [1.29, 1.82) is 0 Å². The Labute approximate surface area is 139 Å². The van der Waals surface area contributed by atoms with E-state index in [1.807, 2.05) is 12.1 Å². The highest BCUT2D eigenvalue weighted by atomic mass is 16.5. The molecule has 0 unspecified atom stereocenters. The van der Waals surface area contributed by atoms with Crippen LogP contribution in [0.4, 0.5) is 0 Å². The molecule has 1 fully saturated rings. The predicted octanol–water partition coefficient (Wildman–Crippen LogP) is 1.52. The van der Waals surface area contributed by atoms with Crippen molar-refractivity contribution in [2.45, 2.75) is 39.5 Å². The first kappa shape index (κ1) is 17.9. The standard InChI is InChI=1S/C18H29N3O2/c1-3-10-23-14-17-7-5-4-6-16(17)12-20-18(22)13-21-9-8-19-11-15(21)2/h4-7,15,19H,3,8-14H2,1-2H3,(H,20,22)/t15-/m1/s1. The summed E-state index contributed by atoms with van der Waals surface area (Å²) in [6.45, 7) is 9.48. The molecule has 1 atom stereocenters. The number of hydrogen-bond acceptors (Lipinski definition) is 4. The minimum absolute atomic E-state index is 0.0861. The summed E-state index contributed by atoms with van der Waals surface area (Å²) in [6.07, 6.45) is 1.02. The van der Waals surface area contributed by atoms with E-state index in [0.29, 0.717) is 25.7 Å². The van der Waals surface area contributed by atoms with Gasteiger partial charge in [-0.05, 0) is 24.5 Å². The Bertz CT molecular complexity index is 493. The number of nitrogens with one attached hydrogen (secondary N) is 2. The van der Waals surface area contributed by atoms with Crippen LogP contribution in [0.3, 0.4) is 0 Å². The first-order valence-electron chi connectivity index (χ1n) is 8.56. The van der Waals surface area contributed by atoms with E-state index in [9.17, 15) is 4.79 Å². The molecule has 0 aromatic heterocycles. The summed E-state index contributed by atoms with van der Waals surface area (Å²) >= 11 is 0. The molecule has 0 saturated carbocycles. The highest BCUT2D eigenvalue weighted by Crippen LogP contribution is 2.10. The van der Waals surface area contributed by atoms with Crippen LogP contribution in [-0.2, 0) is 22.7 Å². The number of rotatable bonds is 8. The second-order valence-electron chi connectivity index (χ2n) is 6.12. The van der Waals surface area contributed by atoms with Crippen LogP contribution < -0.4 is 10.6 Å². The van der Waals surface area contributed by atoms with Gasteiger partial charge in [0.05, 0.1) is 13.2 Å². The number of piperazine rings is 1. The molecule has 1 aromatic rings. The highest BCUT2D eigenvalue weighted by molar-refractivity contribution is 5.78. The van der Waals surface area contributed by atoms with Crippen molar-refractivity contribution in [2.75, 3.05) is 32.8 Å². The number of hydrogen-bond donors (Lipinski definition) is 2. The Balaban J connectivity index is 1.81. The average Bonchev–Trinajstić information content (AvgIpc) is 2.56. The van der Waals surface area contributed by atoms with Crippen LogP contribution in [0.2, 0.25) is 0 Å². The molecule has 5 heteroatoms. The Kier molecular flexibility index (Phi) is 7.52. The zero-order valence-electron chi connectivity index (χ0n) is 14.3. The number of carbonyl (C=O) groups is 1. The topological polar surface area (TPSA) is 53.6 Å². The van der Waals surface area contributed by atoms with Gasteiger partial charge in [0.15, 0.2) is 0 Å². The second-order valence-corrected chi connectivity index (χ2v) is 6.12. The molecule has 1 saturated heterocycles. The highest BCUT2D eigenvalue weighted by Gasteiger charge is 2.20. The van der Waals surface area contributed by atoms with Crippen LogP contribution in [0.1, 0.15) is 31.4 Å². The Morgan fingerprint density at radius 1 is 1.39 bits per heavy atom. The molecule has 1 aromatic carbocycles. The van der Waals surface area contributed by atoms with Gasteiger partial charge in [0.2, 0.25) is 5.91 Å². The number of amides is 1. The third kappa shape index (κ3) is 5.94. The fraction of sp³-hybridized carbons (Fsp3) is 0.611. The summed E-state index contributed by atoms with van der Waals surface area (Å²) in [7, 11) is 0. The van der Waals surface area contributed by atoms with E-state index in [0.717, 1.165) is 43.8 Å². The van der Waals surface area contributed by atoms with Crippen molar-refractivity contribution in [3.63, 3.8) is 0 Å². The van der Waals surface area contributed by atoms with Gasteiger partial charge in [0.25, 0.3) is 0 Å². The molecule has 5 nitrogen and oxygen atoms in total. The van der Waals surface area contributed by atoms with Crippen LogP contribution in [0, 0.1) is 0 Å².